The third-order valence-corrected chi connectivity index (χ3v) is 4.88. The molecule has 0 spiro atoms. The van der Waals surface area contributed by atoms with Crippen molar-refractivity contribution >= 4 is 45.3 Å². The number of nitrogens with zero attached hydrogens (tertiary/aromatic N) is 2. The largest absolute Gasteiger partial charge is 0.444 e. The molecule has 3 heterocycles. The van der Waals surface area contributed by atoms with Gasteiger partial charge in [0, 0.05) is 41.1 Å². The molecule has 2 N–H and O–H groups in total. The van der Waals surface area contributed by atoms with Crippen LogP contribution < -0.4 is 5.32 Å². The lowest BCUT2D eigenvalue weighted by atomic mass is 10.1. The summed E-state index contributed by atoms with van der Waals surface area (Å²) in [4.78, 5) is 22.1. The molecule has 27 heavy (non-hydrogen) atoms. The topological polar surface area (TPSA) is 70.2 Å². The number of amides is 1. The van der Waals surface area contributed by atoms with E-state index < -0.39 is 5.60 Å². The van der Waals surface area contributed by atoms with Gasteiger partial charge in [0.05, 0.1) is 11.0 Å². The van der Waals surface area contributed by atoms with Crippen LogP contribution in [0.3, 0.4) is 0 Å². The zero-order chi connectivity index (χ0) is 19.2. The Labute approximate surface area is 162 Å². The number of hydrogen-bond acceptors (Lipinski definition) is 4. The van der Waals surface area contributed by atoms with Gasteiger partial charge >= 0.3 is 6.09 Å². The van der Waals surface area contributed by atoms with E-state index >= 15 is 0 Å². The molecule has 0 bridgehead atoms. The van der Waals surface area contributed by atoms with Gasteiger partial charge in [-0.05, 0) is 51.5 Å². The number of hydrogen-bond donors (Lipinski definition) is 2. The van der Waals surface area contributed by atoms with Crippen LogP contribution in [0.5, 0.6) is 0 Å². The van der Waals surface area contributed by atoms with E-state index in [1.807, 2.05) is 51.2 Å². The van der Waals surface area contributed by atoms with Crippen molar-refractivity contribution in [1.82, 2.24) is 14.9 Å². The molecule has 1 atom stereocenters. The van der Waals surface area contributed by atoms with Crippen LogP contribution in [0.4, 0.5) is 10.6 Å². The van der Waals surface area contributed by atoms with Gasteiger partial charge in [-0.1, -0.05) is 11.6 Å². The Balaban J connectivity index is 1.56. The molecule has 1 aliphatic heterocycles. The first-order valence-corrected chi connectivity index (χ1v) is 9.49. The summed E-state index contributed by atoms with van der Waals surface area (Å²) < 4.78 is 5.47. The van der Waals surface area contributed by atoms with Crippen LogP contribution in [0.2, 0.25) is 5.02 Å². The van der Waals surface area contributed by atoms with E-state index in [2.05, 4.69) is 10.3 Å². The van der Waals surface area contributed by atoms with Crippen molar-refractivity contribution in [1.29, 1.82) is 0 Å². The van der Waals surface area contributed by atoms with E-state index in [0.29, 0.717) is 18.1 Å². The summed E-state index contributed by atoms with van der Waals surface area (Å²) in [7, 11) is 0. The van der Waals surface area contributed by atoms with Gasteiger partial charge in [0.2, 0.25) is 0 Å². The van der Waals surface area contributed by atoms with E-state index in [9.17, 15) is 4.79 Å². The number of carbonyl (C=O) groups is 1. The molecule has 142 valence electrons. The van der Waals surface area contributed by atoms with Crippen LogP contribution in [-0.4, -0.2) is 45.7 Å². The van der Waals surface area contributed by atoms with E-state index in [-0.39, 0.29) is 12.1 Å². The number of halogens is 1. The highest BCUT2D eigenvalue weighted by Crippen LogP contribution is 2.31. The first kappa shape index (κ1) is 17.9. The second kappa shape index (κ2) is 6.60. The number of nitrogens with one attached hydrogen (secondary N) is 2. The molecule has 1 aromatic carbocycles. The number of anilines is 1. The number of fused-ring (bicyclic) bond motifs is 3. The second-order valence-corrected chi connectivity index (χ2v) is 8.38. The third kappa shape index (κ3) is 3.67. The Morgan fingerprint density at radius 3 is 2.93 bits per heavy atom. The highest BCUT2D eigenvalue weighted by atomic mass is 35.5. The molecular formula is C20H23ClN4O2. The van der Waals surface area contributed by atoms with Crippen LogP contribution in [0.1, 0.15) is 27.2 Å². The zero-order valence-corrected chi connectivity index (χ0v) is 16.4. The van der Waals surface area contributed by atoms with E-state index in [0.717, 1.165) is 34.0 Å². The Morgan fingerprint density at radius 1 is 1.33 bits per heavy atom. The second-order valence-electron chi connectivity index (χ2n) is 7.94. The van der Waals surface area contributed by atoms with Gasteiger partial charge < -0.3 is 19.9 Å². The zero-order valence-electron chi connectivity index (χ0n) is 15.7. The van der Waals surface area contributed by atoms with Crippen molar-refractivity contribution in [3.8, 4) is 0 Å². The maximum Gasteiger partial charge on any atom is 0.410 e. The van der Waals surface area contributed by atoms with Gasteiger partial charge in [0.1, 0.15) is 11.4 Å². The van der Waals surface area contributed by atoms with Crippen molar-refractivity contribution in [3.63, 3.8) is 0 Å². The van der Waals surface area contributed by atoms with E-state index in [1.165, 1.54) is 0 Å². The van der Waals surface area contributed by atoms with Crippen LogP contribution in [0, 0.1) is 0 Å². The van der Waals surface area contributed by atoms with E-state index in [1.54, 1.807) is 4.90 Å². The van der Waals surface area contributed by atoms with Gasteiger partial charge in [-0.15, -0.1) is 0 Å². The predicted molar refractivity (Wildman–Crippen MR) is 108 cm³/mol. The van der Waals surface area contributed by atoms with Crippen LogP contribution in [-0.2, 0) is 4.74 Å². The van der Waals surface area contributed by atoms with E-state index in [4.69, 9.17) is 21.3 Å². The number of aromatic nitrogens is 2. The number of pyridine rings is 1. The van der Waals surface area contributed by atoms with Gasteiger partial charge in [0.25, 0.3) is 0 Å². The fourth-order valence-electron chi connectivity index (χ4n) is 3.45. The summed E-state index contributed by atoms with van der Waals surface area (Å²) in [6.07, 6.45) is 2.49. The fraction of sp³-hybridized carbons (Fsp3) is 0.400. The summed E-state index contributed by atoms with van der Waals surface area (Å²) >= 11 is 6.15. The minimum atomic E-state index is -0.485. The molecule has 0 aliphatic carbocycles. The molecule has 0 radical (unpaired) electrons. The normalized spacial score (nSPS) is 17.6. The molecule has 1 aliphatic rings. The Bertz CT molecular complexity index is 1010. The number of aromatic amines is 1. The SMILES string of the molecule is CC(C)(C)OC(=O)N1CCC(Nc2nc3ccc(Cl)cc3c3[nH]ccc23)C1. The van der Waals surface area contributed by atoms with Crippen molar-refractivity contribution in [3.05, 3.63) is 35.5 Å². The maximum absolute atomic E-state index is 12.3. The summed E-state index contributed by atoms with van der Waals surface area (Å²) in [5.41, 5.74) is 1.40. The molecule has 4 rings (SSSR count). The number of benzene rings is 1. The number of likely N-dealkylation sites (tertiary alicyclic amines) is 1. The summed E-state index contributed by atoms with van der Waals surface area (Å²) in [6, 6.07) is 7.82. The molecule has 7 heteroatoms. The molecule has 1 saturated heterocycles. The van der Waals surface area contributed by atoms with Crippen molar-refractivity contribution < 1.29 is 9.53 Å². The average Bonchev–Trinajstić information content (AvgIpc) is 3.23. The molecule has 6 nitrogen and oxygen atoms in total. The lowest BCUT2D eigenvalue weighted by Crippen LogP contribution is -2.36. The van der Waals surface area contributed by atoms with Gasteiger partial charge in [-0.3, -0.25) is 0 Å². The monoisotopic (exact) mass is 386 g/mol. The number of H-pyrrole nitrogens is 1. The van der Waals surface area contributed by atoms with Crippen LogP contribution in [0.25, 0.3) is 21.8 Å². The summed E-state index contributed by atoms with van der Waals surface area (Å²) in [6.45, 7) is 6.91. The Hall–Kier alpha value is -2.47. The average molecular weight is 387 g/mol. The van der Waals surface area contributed by atoms with Crippen molar-refractivity contribution in [2.45, 2.75) is 38.8 Å². The minimum absolute atomic E-state index is 0.132. The lowest BCUT2D eigenvalue weighted by Gasteiger charge is -2.24. The number of carbonyl (C=O) groups excluding carboxylic acids is 1. The highest BCUT2D eigenvalue weighted by molar-refractivity contribution is 6.31. The summed E-state index contributed by atoms with van der Waals surface area (Å²) in [5, 5.41) is 6.21. The minimum Gasteiger partial charge on any atom is -0.444 e. The van der Waals surface area contributed by atoms with Crippen LogP contribution in [0.15, 0.2) is 30.5 Å². The Morgan fingerprint density at radius 2 is 2.15 bits per heavy atom. The highest BCUT2D eigenvalue weighted by Gasteiger charge is 2.30. The molecule has 0 saturated carbocycles. The standard InChI is InChI=1S/C20H23ClN4O2/c1-20(2,3)27-19(26)25-9-7-13(11-25)23-18-14-6-8-22-17(14)15-10-12(21)4-5-16(15)24-18/h4-6,8,10,13,22H,7,9,11H2,1-3H3,(H,23,24). The first-order valence-electron chi connectivity index (χ1n) is 9.11. The molecule has 3 aromatic rings. The quantitative estimate of drug-likeness (QED) is 0.664. The first-order chi connectivity index (χ1) is 12.8. The number of ether oxygens (including phenoxy) is 1. The predicted octanol–water partition coefficient (Wildman–Crippen LogP) is 4.79. The van der Waals surface area contributed by atoms with Gasteiger partial charge in [-0.25, -0.2) is 9.78 Å². The number of rotatable bonds is 2. The smallest absolute Gasteiger partial charge is 0.410 e. The van der Waals surface area contributed by atoms with Gasteiger partial charge in [0.15, 0.2) is 0 Å². The molecule has 1 fully saturated rings. The van der Waals surface area contributed by atoms with Gasteiger partial charge in [-0.2, -0.15) is 0 Å². The fourth-order valence-corrected chi connectivity index (χ4v) is 3.62. The maximum atomic E-state index is 12.3. The molecular weight excluding hydrogens is 364 g/mol. The van der Waals surface area contributed by atoms with Crippen molar-refractivity contribution in [2.24, 2.45) is 0 Å². The summed E-state index contributed by atoms with van der Waals surface area (Å²) in [5.74, 6) is 0.817. The van der Waals surface area contributed by atoms with Crippen molar-refractivity contribution in [2.75, 3.05) is 18.4 Å². The Kier molecular flexibility index (Phi) is 4.38. The van der Waals surface area contributed by atoms with Crippen LogP contribution >= 0.6 is 11.6 Å². The lowest BCUT2D eigenvalue weighted by molar-refractivity contribution is 0.0293. The molecule has 2 aromatic heterocycles. The third-order valence-electron chi connectivity index (χ3n) is 4.64. The molecule has 1 unspecified atom stereocenters. The molecule has 1 amide bonds.